The number of rotatable bonds is 38. The smallest absolute Gasteiger partial charge is 0.246 e. The highest BCUT2D eigenvalue weighted by atomic mass is 16.5. The zero-order valence-corrected chi connectivity index (χ0v) is 30.8. The van der Waals surface area contributed by atoms with Gasteiger partial charge in [0.15, 0.2) is 0 Å². The second-order valence-corrected chi connectivity index (χ2v) is 14.4. The van der Waals surface area contributed by atoms with Crippen molar-refractivity contribution in [1.82, 2.24) is 0 Å². The first-order chi connectivity index (χ1) is 21.7. The fourth-order valence-electron chi connectivity index (χ4n) is 7.07. The predicted octanol–water partition coefficient (Wildman–Crippen LogP) is 13.8. The maximum absolute atomic E-state index is 11.9. The SMILES string of the molecule is CCCCCCCCCCCCCCCCCCCCCCCCCCCCCCC(CCCCCCC)C(OC)C(N)=O. The minimum Gasteiger partial charge on any atom is -0.371 e. The van der Waals surface area contributed by atoms with Gasteiger partial charge in [0.1, 0.15) is 6.10 Å². The van der Waals surface area contributed by atoms with Crippen molar-refractivity contribution < 1.29 is 9.53 Å². The molecule has 0 spiro atoms. The van der Waals surface area contributed by atoms with Crippen molar-refractivity contribution in [3.05, 3.63) is 0 Å². The summed E-state index contributed by atoms with van der Waals surface area (Å²) in [4.78, 5) is 11.9. The largest absolute Gasteiger partial charge is 0.371 e. The Hall–Kier alpha value is -0.570. The van der Waals surface area contributed by atoms with E-state index in [-0.39, 0.29) is 5.91 Å². The molecule has 0 saturated heterocycles. The van der Waals surface area contributed by atoms with Crippen molar-refractivity contribution in [1.29, 1.82) is 0 Å². The van der Waals surface area contributed by atoms with Crippen LogP contribution in [0.3, 0.4) is 0 Å². The van der Waals surface area contributed by atoms with E-state index in [2.05, 4.69) is 13.8 Å². The Morgan fingerprint density at radius 2 is 0.614 bits per heavy atom. The van der Waals surface area contributed by atoms with Crippen LogP contribution in [0.25, 0.3) is 0 Å². The monoisotopic (exact) mass is 622 g/mol. The van der Waals surface area contributed by atoms with Gasteiger partial charge in [-0.1, -0.05) is 226 Å². The Bertz CT molecular complexity index is 551. The first-order valence-corrected chi connectivity index (χ1v) is 20.5. The highest BCUT2D eigenvalue weighted by Gasteiger charge is 2.25. The van der Waals surface area contributed by atoms with Gasteiger partial charge in [-0.25, -0.2) is 0 Å². The maximum Gasteiger partial charge on any atom is 0.246 e. The van der Waals surface area contributed by atoms with Crippen LogP contribution < -0.4 is 5.73 Å². The molecule has 0 aliphatic rings. The Morgan fingerprint density at radius 1 is 0.409 bits per heavy atom. The molecular weight excluding hydrogens is 538 g/mol. The molecule has 3 heteroatoms. The van der Waals surface area contributed by atoms with Gasteiger partial charge in [0, 0.05) is 7.11 Å². The number of carbonyl (C=O) groups excluding carboxylic acids is 1. The van der Waals surface area contributed by atoms with E-state index in [0.29, 0.717) is 5.92 Å². The number of amides is 1. The maximum atomic E-state index is 11.9. The van der Waals surface area contributed by atoms with Gasteiger partial charge in [-0.3, -0.25) is 4.79 Å². The Balaban J connectivity index is 3.39. The summed E-state index contributed by atoms with van der Waals surface area (Å²) >= 11 is 0. The number of hydrogen-bond acceptors (Lipinski definition) is 2. The first-order valence-electron chi connectivity index (χ1n) is 20.5. The van der Waals surface area contributed by atoms with E-state index in [1.165, 1.54) is 212 Å². The Morgan fingerprint density at radius 3 is 0.795 bits per heavy atom. The second kappa shape index (κ2) is 36.9. The summed E-state index contributed by atoms with van der Waals surface area (Å²) in [7, 11) is 1.64. The van der Waals surface area contributed by atoms with Gasteiger partial charge in [-0.05, 0) is 18.8 Å². The average Bonchev–Trinajstić information content (AvgIpc) is 3.02. The van der Waals surface area contributed by atoms with Crippen LogP contribution in [0.1, 0.15) is 239 Å². The summed E-state index contributed by atoms with van der Waals surface area (Å²) in [6.45, 7) is 4.55. The van der Waals surface area contributed by atoms with Gasteiger partial charge in [0.25, 0.3) is 0 Å². The summed E-state index contributed by atoms with van der Waals surface area (Å²) in [6, 6.07) is 0. The molecule has 0 heterocycles. The average molecular weight is 622 g/mol. The molecule has 0 aromatic heterocycles. The van der Waals surface area contributed by atoms with Crippen LogP contribution in [-0.4, -0.2) is 19.1 Å². The Kier molecular flexibility index (Phi) is 36.4. The number of methoxy groups -OCH3 is 1. The van der Waals surface area contributed by atoms with Gasteiger partial charge < -0.3 is 10.5 Å². The molecule has 0 aliphatic heterocycles. The lowest BCUT2D eigenvalue weighted by atomic mass is 9.89. The summed E-state index contributed by atoms with van der Waals surface area (Å²) in [5, 5.41) is 0. The van der Waals surface area contributed by atoms with Crippen LogP contribution in [0.2, 0.25) is 0 Å². The molecule has 44 heavy (non-hydrogen) atoms. The Labute approximate surface area is 278 Å². The number of primary amides is 1. The third-order valence-corrected chi connectivity index (χ3v) is 10.1. The van der Waals surface area contributed by atoms with E-state index in [1.54, 1.807) is 7.11 Å². The molecule has 264 valence electrons. The topological polar surface area (TPSA) is 52.3 Å². The van der Waals surface area contributed by atoms with Gasteiger partial charge in [0.05, 0.1) is 0 Å². The van der Waals surface area contributed by atoms with Crippen LogP contribution in [0.5, 0.6) is 0 Å². The highest BCUT2D eigenvalue weighted by Crippen LogP contribution is 2.24. The minimum absolute atomic E-state index is 0.286. The molecule has 2 unspecified atom stereocenters. The fraction of sp³-hybridized carbons (Fsp3) is 0.976. The first kappa shape index (κ1) is 43.4. The summed E-state index contributed by atoms with van der Waals surface area (Å²) in [5.41, 5.74) is 5.64. The van der Waals surface area contributed by atoms with Gasteiger partial charge >= 0.3 is 0 Å². The van der Waals surface area contributed by atoms with E-state index in [0.717, 1.165) is 12.8 Å². The molecule has 0 rings (SSSR count). The lowest BCUT2D eigenvalue weighted by molar-refractivity contribution is -0.131. The van der Waals surface area contributed by atoms with Crippen molar-refractivity contribution in [3.63, 3.8) is 0 Å². The van der Waals surface area contributed by atoms with E-state index >= 15 is 0 Å². The number of unbranched alkanes of at least 4 members (excludes halogenated alkanes) is 31. The van der Waals surface area contributed by atoms with Crippen LogP contribution in [0.15, 0.2) is 0 Å². The second-order valence-electron chi connectivity index (χ2n) is 14.4. The number of hydrogen-bond donors (Lipinski definition) is 1. The van der Waals surface area contributed by atoms with Crippen LogP contribution in [-0.2, 0) is 9.53 Å². The molecule has 1 amide bonds. The lowest BCUT2D eigenvalue weighted by Gasteiger charge is -2.23. The van der Waals surface area contributed by atoms with Crippen LogP contribution in [0.4, 0.5) is 0 Å². The normalized spacial score (nSPS) is 13.0. The van der Waals surface area contributed by atoms with Crippen LogP contribution >= 0.6 is 0 Å². The standard InChI is InChI=1S/C41H83NO2/c1-4-6-8-10-11-12-13-14-15-16-17-18-19-20-21-22-23-24-25-26-27-28-29-30-31-32-34-36-38-39(40(44-3)41(42)43)37-35-33-9-7-5-2/h39-40H,4-38H2,1-3H3,(H2,42,43). The van der Waals surface area contributed by atoms with Crippen LogP contribution in [0, 0.1) is 5.92 Å². The molecule has 0 aromatic carbocycles. The zero-order chi connectivity index (χ0) is 32.2. The molecule has 0 bridgehead atoms. The van der Waals surface area contributed by atoms with E-state index < -0.39 is 6.10 Å². The molecule has 2 atom stereocenters. The molecule has 0 saturated carbocycles. The summed E-state index contributed by atoms with van der Waals surface area (Å²) in [6.07, 6.45) is 48.1. The van der Waals surface area contributed by atoms with Crippen molar-refractivity contribution in [2.75, 3.05) is 7.11 Å². The number of ether oxygens (including phenoxy) is 1. The molecule has 0 fully saturated rings. The van der Waals surface area contributed by atoms with Crippen molar-refractivity contribution in [3.8, 4) is 0 Å². The quantitative estimate of drug-likeness (QED) is 0.0697. The molecule has 0 radical (unpaired) electrons. The fourth-order valence-corrected chi connectivity index (χ4v) is 7.07. The van der Waals surface area contributed by atoms with Crippen molar-refractivity contribution in [2.24, 2.45) is 11.7 Å². The summed E-state index contributed by atoms with van der Waals surface area (Å²) in [5.74, 6) is 0.00877. The van der Waals surface area contributed by atoms with Gasteiger partial charge in [-0.15, -0.1) is 0 Å². The van der Waals surface area contributed by atoms with Gasteiger partial charge in [0.2, 0.25) is 5.91 Å². The minimum atomic E-state index is -0.407. The van der Waals surface area contributed by atoms with Gasteiger partial charge in [-0.2, -0.15) is 0 Å². The van der Waals surface area contributed by atoms with E-state index in [1.807, 2.05) is 0 Å². The van der Waals surface area contributed by atoms with E-state index in [4.69, 9.17) is 10.5 Å². The lowest BCUT2D eigenvalue weighted by Crippen LogP contribution is -2.37. The summed E-state index contributed by atoms with van der Waals surface area (Å²) < 4.78 is 5.49. The number of nitrogens with two attached hydrogens (primary N) is 1. The third kappa shape index (κ3) is 31.4. The number of carbonyl (C=O) groups is 1. The zero-order valence-electron chi connectivity index (χ0n) is 30.8. The molecule has 3 nitrogen and oxygen atoms in total. The molecule has 2 N–H and O–H groups in total. The molecular formula is C41H83NO2. The predicted molar refractivity (Wildman–Crippen MR) is 196 cm³/mol. The van der Waals surface area contributed by atoms with Crippen molar-refractivity contribution in [2.45, 2.75) is 245 Å². The van der Waals surface area contributed by atoms with E-state index in [9.17, 15) is 4.79 Å². The molecule has 0 aromatic rings. The molecule has 0 aliphatic carbocycles. The third-order valence-electron chi connectivity index (χ3n) is 10.1. The highest BCUT2D eigenvalue weighted by molar-refractivity contribution is 5.79. The van der Waals surface area contributed by atoms with Crippen molar-refractivity contribution >= 4 is 5.91 Å².